The van der Waals surface area contributed by atoms with Gasteiger partial charge in [-0.1, -0.05) is 27.7 Å². The number of Topliss-reactive ketones (excluding diaryl/α,β-unsaturated/α-hetero) is 1. The molecular formula is C27H32N4O4S. The van der Waals surface area contributed by atoms with Crippen molar-refractivity contribution < 1.29 is 17.6 Å². The van der Waals surface area contributed by atoms with Gasteiger partial charge in [-0.2, -0.15) is 9.40 Å². The quantitative estimate of drug-likeness (QED) is 0.473. The van der Waals surface area contributed by atoms with E-state index in [2.05, 4.69) is 29.4 Å². The molecule has 36 heavy (non-hydrogen) atoms. The fraction of sp³-hybridized carbons (Fsp3) is 0.407. The van der Waals surface area contributed by atoms with Crippen LogP contribution in [0.4, 0.5) is 5.82 Å². The maximum absolute atomic E-state index is 13.4. The first-order chi connectivity index (χ1) is 17.1. The molecule has 5 rings (SSSR count). The lowest BCUT2D eigenvalue weighted by molar-refractivity contribution is -0.118. The molecule has 0 amide bonds. The summed E-state index contributed by atoms with van der Waals surface area (Å²) in [6.45, 7) is 10.6. The Kier molecular flexibility index (Phi) is 5.95. The van der Waals surface area contributed by atoms with Crippen LogP contribution in [0.5, 0.6) is 0 Å². The number of allylic oxidation sites excluding steroid dienone is 2. The maximum atomic E-state index is 13.4. The molecule has 1 aromatic carbocycles. The van der Waals surface area contributed by atoms with Crippen LogP contribution in [0, 0.1) is 12.3 Å². The number of nitrogens with zero attached hydrogens (tertiary/aromatic N) is 2. The number of carbonyl (C=O) groups is 1. The number of ketones is 1. The fourth-order valence-corrected chi connectivity index (χ4v) is 6.86. The van der Waals surface area contributed by atoms with Crippen LogP contribution in [0.1, 0.15) is 63.5 Å². The van der Waals surface area contributed by atoms with Crippen molar-refractivity contribution >= 4 is 21.6 Å². The number of H-pyrrole nitrogens is 1. The van der Waals surface area contributed by atoms with Crippen molar-refractivity contribution in [2.45, 2.75) is 58.3 Å². The van der Waals surface area contributed by atoms with Gasteiger partial charge in [0, 0.05) is 47.6 Å². The van der Waals surface area contributed by atoms with Crippen molar-refractivity contribution in [2.24, 2.45) is 5.41 Å². The van der Waals surface area contributed by atoms with E-state index in [1.807, 2.05) is 32.9 Å². The molecule has 1 unspecified atom stereocenters. The summed E-state index contributed by atoms with van der Waals surface area (Å²) in [7, 11) is -3.53. The van der Waals surface area contributed by atoms with Crippen LogP contribution in [0.15, 0.2) is 57.0 Å². The molecule has 0 radical (unpaired) electrons. The highest BCUT2D eigenvalue weighted by molar-refractivity contribution is 7.89. The minimum Gasteiger partial charge on any atom is -0.460 e. The largest absolute Gasteiger partial charge is 0.460 e. The maximum Gasteiger partial charge on any atom is 0.243 e. The standard InChI is InChI=1S/C27H32N4O4S/c1-6-31(7-2)36(33,34)18-10-8-17(9-11-18)21-12-13-22(35-21)25-23-16(3)29-30-26(23)28-19-14-27(4,5)15-20(32)24(19)25/h8-13,25H,6-7,14-15H2,1-5H3,(H2,28,29,30). The van der Waals surface area contributed by atoms with Crippen LogP contribution in [0.25, 0.3) is 11.3 Å². The number of benzene rings is 1. The van der Waals surface area contributed by atoms with Crippen molar-refractivity contribution in [1.82, 2.24) is 14.5 Å². The third kappa shape index (κ3) is 4.00. The smallest absolute Gasteiger partial charge is 0.243 e. The monoisotopic (exact) mass is 508 g/mol. The van der Waals surface area contributed by atoms with E-state index in [1.165, 1.54) is 4.31 Å². The summed E-state index contributed by atoms with van der Waals surface area (Å²) in [5.74, 6) is 1.77. The van der Waals surface area contributed by atoms with Gasteiger partial charge >= 0.3 is 0 Å². The van der Waals surface area contributed by atoms with Gasteiger partial charge in [-0.3, -0.25) is 9.89 Å². The predicted octanol–water partition coefficient (Wildman–Crippen LogP) is 5.21. The summed E-state index contributed by atoms with van der Waals surface area (Å²) < 4.78 is 33.4. The number of sulfonamides is 1. The lowest BCUT2D eigenvalue weighted by Crippen LogP contribution is -2.33. The van der Waals surface area contributed by atoms with E-state index in [9.17, 15) is 13.2 Å². The zero-order valence-electron chi connectivity index (χ0n) is 21.3. The van der Waals surface area contributed by atoms with Crippen molar-refractivity contribution in [3.63, 3.8) is 0 Å². The number of furan rings is 1. The van der Waals surface area contributed by atoms with Gasteiger partial charge in [0.25, 0.3) is 0 Å². The second-order valence-electron chi connectivity index (χ2n) is 10.3. The first kappa shape index (κ1) is 24.5. The van der Waals surface area contributed by atoms with Gasteiger partial charge in [-0.05, 0) is 55.2 Å². The van der Waals surface area contributed by atoms with Gasteiger partial charge in [-0.25, -0.2) is 8.42 Å². The Labute approximate surface area is 211 Å². The number of fused-ring (bicyclic) bond motifs is 1. The van der Waals surface area contributed by atoms with Crippen molar-refractivity contribution in [1.29, 1.82) is 0 Å². The third-order valence-corrected chi connectivity index (χ3v) is 9.22. The number of aryl methyl sites for hydroxylation is 1. The van der Waals surface area contributed by atoms with Crippen molar-refractivity contribution in [3.05, 3.63) is 64.7 Å². The molecule has 8 nitrogen and oxygen atoms in total. The average molecular weight is 509 g/mol. The summed E-state index contributed by atoms with van der Waals surface area (Å²) in [6.07, 6.45) is 1.23. The minimum absolute atomic E-state index is 0.119. The number of rotatable bonds is 6. The molecule has 2 N–H and O–H groups in total. The highest BCUT2D eigenvalue weighted by Gasteiger charge is 2.43. The molecule has 0 saturated heterocycles. The molecule has 0 bridgehead atoms. The molecule has 1 atom stereocenters. The number of nitrogens with one attached hydrogen (secondary N) is 2. The highest BCUT2D eigenvalue weighted by Crippen LogP contribution is 2.49. The van der Waals surface area contributed by atoms with Crippen LogP contribution in [0.3, 0.4) is 0 Å². The van der Waals surface area contributed by atoms with Crippen LogP contribution in [-0.2, 0) is 14.8 Å². The second kappa shape index (κ2) is 8.74. The number of hydrogen-bond acceptors (Lipinski definition) is 6. The average Bonchev–Trinajstić information content (AvgIpc) is 3.45. The van der Waals surface area contributed by atoms with Crippen molar-refractivity contribution in [2.75, 3.05) is 18.4 Å². The van der Waals surface area contributed by atoms with E-state index in [4.69, 9.17) is 4.42 Å². The van der Waals surface area contributed by atoms with E-state index in [0.717, 1.165) is 40.3 Å². The molecule has 0 spiro atoms. The molecular weight excluding hydrogens is 476 g/mol. The number of hydrogen-bond donors (Lipinski definition) is 2. The Bertz CT molecular complexity index is 1460. The Hall–Kier alpha value is -3.17. The summed E-state index contributed by atoms with van der Waals surface area (Å²) in [4.78, 5) is 13.6. The molecule has 190 valence electrons. The van der Waals surface area contributed by atoms with E-state index in [0.29, 0.717) is 31.0 Å². The van der Waals surface area contributed by atoms with Gasteiger partial charge in [0.1, 0.15) is 11.5 Å². The van der Waals surface area contributed by atoms with Crippen molar-refractivity contribution in [3.8, 4) is 11.3 Å². The summed E-state index contributed by atoms with van der Waals surface area (Å²) in [5, 5.41) is 10.9. The topological polar surface area (TPSA) is 108 Å². The Morgan fingerprint density at radius 3 is 2.44 bits per heavy atom. The molecule has 9 heteroatoms. The van der Waals surface area contributed by atoms with Crippen LogP contribution >= 0.6 is 0 Å². The van der Waals surface area contributed by atoms with Crippen LogP contribution in [0.2, 0.25) is 0 Å². The summed E-state index contributed by atoms with van der Waals surface area (Å²) >= 11 is 0. The van der Waals surface area contributed by atoms with Crippen LogP contribution in [-0.4, -0.2) is 41.8 Å². The highest BCUT2D eigenvalue weighted by atomic mass is 32.2. The number of aromatic amines is 1. The normalized spacial score (nSPS) is 19.3. The van der Waals surface area contributed by atoms with Gasteiger partial charge in [0.05, 0.1) is 10.8 Å². The van der Waals surface area contributed by atoms with E-state index in [1.54, 1.807) is 24.3 Å². The SMILES string of the molecule is CCN(CC)S(=O)(=O)c1ccc(-c2ccc(C3C4=C(CC(C)(C)CC4=O)Nc4n[nH]c(C)c43)o2)cc1. The van der Waals surface area contributed by atoms with E-state index >= 15 is 0 Å². The number of aromatic nitrogens is 2. The molecule has 0 fully saturated rings. The minimum atomic E-state index is -3.53. The Balaban J connectivity index is 1.52. The molecule has 3 aromatic rings. The van der Waals surface area contributed by atoms with Gasteiger partial charge in [-0.15, -0.1) is 0 Å². The molecule has 1 aliphatic heterocycles. The zero-order valence-corrected chi connectivity index (χ0v) is 22.1. The summed E-state index contributed by atoms with van der Waals surface area (Å²) in [6, 6.07) is 10.5. The lowest BCUT2D eigenvalue weighted by Gasteiger charge is -2.37. The molecule has 1 aliphatic carbocycles. The van der Waals surface area contributed by atoms with Crippen LogP contribution < -0.4 is 5.32 Å². The number of carbonyl (C=O) groups excluding carboxylic acids is 1. The summed E-state index contributed by atoms with van der Waals surface area (Å²) in [5.41, 5.74) is 4.09. The predicted molar refractivity (Wildman–Crippen MR) is 138 cm³/mol. The fourth-order valence-electron chi connectivity index (χ4n) is 5.41. The van der Waals surface area contributed by atoms with Gasteiger partial charge < -0.3 is 9.73 Å². The molecule has 0 saturated carbocycles. The van der Waals surface area contributed by atoms with E-state index in [-0.39, 0.29) is 22.0 Å². The lowest BCUT2D eigenvalue weighted by atomic mass is 9.70. The van der Waals surface area contributed by atoms with E-state index < -0.39 is 10.0 Å². The van der Waals surface area contributed by atoms with Gasteiger partial charge in [0.2, 0.25) is 10.0 Å². The molecule has 2 aliphatic rings. The second-order valence-corrected chi connectivity index (χ2v) is 12.3. The number of anilines is 1. The first-order valence-corrected chi connectivity index (χ1v) is 13.8. The zero-order chi connectivity index (χ0) is 25.8. The van der Waals surface area contributed by atoms with Gasteiger partial charge in [0.15, 0.2) is 11.6 Å². The molecule has 2 aromatic heterocycles. The Morgan fingerprint density at radius 1 is 1.08 bits per heavy atom. The third-order valence-electron chi connectivity index (χ3n) is 7.15. The Morgan fingerprint density at radius 2 is 1.78 bits per heavy atom. The molecule has 3 heterocycles. The first-order valence-electron chi connectivity index (χ1n) is 12.3.